The molecule has 4 rings (SSSR count). The molecule has 0 saturated carbocycles. The van der Waals surface area contributed by atoms with E-state index in [1.807, 2.05) is 0 Å². The van der Waals surface area contributed by atoms with Crippen LogP contribution in [-0.4, -0.2) is 30.8 Å². The molecule has 0 fully saturated rings. The van der Waals surface area contributed by atoms with Crippen molar-refractivity contribution in [1.29, 1.82) is 0 Å². The van der Waals surface area contributed by atoms with Crippen molar-refractivity contribution >= 4 is 45.7 Å². The molecule has 1 N–H and O–H groups in total. The van der Waals surface area contributed by atoms with Gasteiger partial charge in [0.1, 0.15) is 11.9 Å². The third kappa shape index (κ3) is 2.90. The van der Waals surface area contributed by atoms with Crippen LogP contribution in [0.4, 0.5) is 4.39 Å². The average Bonchev–Trinajstić information content (AvgIpc) is 3.26. The normalized spacial score (nSPS) is 12.4. The van der Waals surface area contributed by atoms with Gasteiger partial charge in [-0.15, -0.1) is 6.58 Å². The molecule has 0 saturated heterocycles. The zero-order valence-electron chi connectivity index (χ0n) is 14.9. The van der Waals surface area contributed by atoms with Crippen LogP contribution in [0.15, 0.2) is 49.1 Å². The first-order valence-corrected chi connectivity index (χ1v) is 8.84. The van der Waals surface area contributed by atoms with Crippen molar-refractivity contribution in [1.82, 2.24) is 24.5 Å². The Kier molecular flexibility index (Phi) is 4.52. The number of H-pyrrole nitrogens is 1. The Bertz CT molecular complexity index is 1270. The second kappa shape index (κ2) is 7.01. The number of fused-ring (bicyclic) bond motifs is 2. The maximum Gasteiger partial charge on any atom is 0.163 e. The van der Waals surface area contributed by atoms with Crippen molar-refractivity contribution in [2.75, 3.05) is 0 Å². The van der Waals surface area contributed by atoms with Crippen LogP contribution in [0.25, 0.3) is 39.2 Å². The van der Waals surface area contributed by atoms with E-state index < -0.39 is 5.82 Å². The minimum Gasteiger partial charge on any atom is -0.345 e. The molecule has 0 spiro atoms. The summed E-state index contributed by atoms with van der Waals surface area (Å²) in [5.41, 5.74) is 2.79. The number of hydrogen-bond acceptors (Lipinski definition) is 4. The van der Waals surface area contributed by atoms with Crippen LogP contribution < -0.4 is 0 Å². The molecule has 8 heteroatoms. The Morgan fingerprint density at radius 1 is 1.36 bits per heavy atom. The lowest BCUT2D eigenvalue weighted by Gasteiger charge is -2.08. The van der Waals surface area contributed by atoms with E-state index in [-0.39, 0.29) is 5.39 Å². The molecule has 6 nitrogen and oxygen atoms in total. The number of rotatable bonds is 5. The third-order valence-electron chi connectivity index (χ3n) is 4.57. The van der Waals surface area contributed by atoms with Crippen molar-refractivity contribution in [2.45, 2.75) is 13.3 Å². The predicted octanol–water partition coefficient (Wildman–Crippen LogP) is 4.77. The zero-order valence-corrected chi connectivity index (χ0v) is 15.7. The number of carbonyl (C=O) groups is 1. The van der Waals surface area contributed by atoms with Gasteiger partial charge in [-0.1, -0.05) is 17.7 Å². The lowest BCUT2D eigenvalue weighted by Crippen LogP contribution is -2.00. The van der Waals surface area contributed by atoms with E-state index in [2.05, 4.69) is 26.5 Å². The van der Waals surface area contributed by atoms with Gasteiger partial charge >= 0.3 is 0 Å². The summed E-state index contributed by atoms with van der Waals surface area (Å²) in [7, 11) is 0. The van der Waals surface area contributed by atoms with E-state index in [1.54, 1.807) is 36.0 Å². The molecule has 0 aliphatic carbocycles. The van der Waals surface area contributed by atoms with Crippen LogP contribution in [0.3, 0.4) is 0 Å². The monoisotopic (exact) mass is 395 g/mol. The van der Waals surface area contributed by atoms with Crippen LogP contribution in [0.5, 0.6) is 0 Å². The Labute approximate surface area is 164 Å². The van der Waals surface area contributed by atoms with E-state index in [0.29, 0.717) is 45.4 Å². The fourth-order valence-electron chi connectivity index (χ4n) is 3.11. The van der Waals surface area contributed by atoms with E-state index in [0.717, 1.165) is 11.7 Å². The minimum atomic E-state index is -0.464. The molecular weight excluding hydrogens is 381 g/mol. The summed E-state index contributed by atoms with van der Waals surface area (Å²) in [6.45, 7) is 5.39. The summed E-state index contributed by atoms with van der Waals surface area (Å²) < 4.78 is 16.0. The molecule has 0 aliphatic rings. The van der Waals surface area contributed by atoms with Crippen LogP contribution >= 0.6 is 11.6 Å². The summed E-state index contributed by atoms with van der Waals surface area (Å²) in [5.74, 6) is -0.0697. The molecular formula is C20H15ClFN5O. The molecule has 0 radical (unpaired) electrons. The van der Waals surface area contributed by atoms with Gasteiger partial charge in [0.15, 0.2) is 17.3 Å². The number of allylic oxidation sites excluding steroid dienone is 3. The van der Waals surface area contributed by atoms with Gasteiger partial charge in [-0.25, -0.2) is 19.3 Å². The van der Waals surface area contributed by atoms with E-state index >= 15 is 0 Å². The topological polar surface area (TPSA) is 76.5 Å². The van der Waals surface area contributed by atoms with Gasteiger partial charge in [-0.3, -0.25) is 4.79 Å². The van der Waals surface area contributed by atoms with Gasteiger partial charge in [0.05, 0.1) is 10.4 Å². The second-order valence-electron chi connectivity index (χ2n) is 6.25. The van der Waals surface area contributed by atoms with Gasteiger partial charge < -0.3 is 9.55 Å². The van der Waals surface area contributed by atoms with Crippen LogP contribution in [0.1, 0.15) is 13.3 Å². The Hall–Kier alpha value is -3.32. The van der Waals surface area contributed by atoms with Crippen molar-refractivity contribution in [3.05, 3.63) is 59.9 Å². The van der Waals surface area contributed by atoms with Crippen LogP contribution in [0, 0.1) is 5.82 Å². The number of halogens is 2. The summed E-state index contributed by atoms with van der Waals surface area (Å²) in [6.07, 6.45) is 8.76. The number of hydrogen-bond donors (Lipinski definition) is 1. The maximum atomic E-state index is 14.4. The van der Waals surface area contributed by atoms with E-state index in [9.17, 15) is 9.18 Å². The van der Waals surface area contributed by atoms with Crippen molar-refractivity contribution < 1.29 is 9.18 Å². The largest absolute Gasteiger partial charge is 0.345 e. The number of nitrogens with zero attached hydrogens (tertiary/aromatic N) is 4. The minimum absolute atomic E-state index is 0.267. The first-order chi connectivity index (χ1) is 13.5. The number of aldehydes is 1. The first-order valence-electron chi connectivity index (χ1n) is 8.46. The van der Waals surface area contributed by atoms with E-state index in [1.165, 1.54) is 12.4 Å². The van der Waals surface area contributed by atoms with Gasteiger partial charge in [0.25, 0.3) is 0 Å². The quantitative estimate of drug-likeness (QED) is 0.300. The number of carbonyl (C=O) groups excluding carboxylic acids is 1. The molecule has 0 unspecified atom stereocenters. The SMILES string of the molecule is C=CC/C(C=O)=C(\C)n1cc(F)c2cnc(-c3c[nH]c4ncc(Cl)cc34)nc21. The number of aromatic nitrogens is 5. The average molecular weight is 396 g/mol. The molecule has 4 heterocycles. The number of aromatic amines is 1. The maximum absolute atomic E-state index is 14.4. The fraction of sp³-hybridized carbons (Fsp3) is 0.100. The van der Waals surface area contributed by atoms with Gasteiger partial charge in [-0.2, -0.15) is 0 Å². The highest BCUT2D eigenvalue weighted by Crippen LogP contribution is 2.30. The van der Waals surface area contributed by atoms with Crippen molar-refractivity contribution in [3.8, 4) is 11.4 Å². The van der Waals surface area contributed by atoms with Gasteiger partial charge in [-0.05, 0) is 19.4 Å². The molecule has 0 atom stereocenters. The van der Waals surface area contributed by atoms with Gasteiger partial charge in [0, 0.05) is 47.0 Å². The molecule has 0 amide bonds. The highest BCUT2D eigenvalue weighted by Gasteiger charge is 2.17. The number of nitrogens with one attached hydrogen (secondary N) is 1. The summed E-state index contributed by atoms with van der Waals surface area (Å²) in [6, 6.07) is 1.77. The lowest BCUT2D eigenvalue weighted by molar-refractivity contribution is -0.104. The molecule has 140 valence electrons. The molecule has 4 aromatic heterocycles. The van der Waals surface area contributed by atoms with Crippen LogP contribution in [-0.2, 0) is 4.79 Å². The predicted molar refractivity (Wildman–Crippen MR) is 107 cm³/mol. The van der Waals surface area contributed by atoms with Crippen LogP contribution in [0.2, 0.25) is 5.02 Å². The van der Waals surface area contributed by atoms with Crippen molar-refractivity contribution in [2.24, 2.45) is 0 Å². The van der Waals surface area contributed by atoms with Crippen molar-refractivity contribution in [3.63, 3.8) is 0 Å². The third-order valence-corrected chi connectivity index (χ3v) is 4.77. The fourth-order valence-corrected chi connectivity index (χ4v) is 3.27. The smallest absolute Gasteiger partial charge is 0.163 e. The summed E-state index contributed by atoms with van der Waals surface area (Å²) in [5, 5.41) is 1.52. The summed E-state index contributed by atoms with van der Waals surface area (Å²) >= 11 is 6.06. The molecule has 0 aromatic carbocycles. The zero-order chi connectivity index (χ0) is 19.8. The Morgan fingerprint density at radius 3 is 2.93 bits per heavy atom. The molecule has 0 aliphatic heterocycles. The first kappa shape index (κ1) is 18.1. The highest BCUT2D eigenvalue weighted by molar-refractivity contribution is 6.31. The molecule has 0 bridgehead atoms. The Balaban J connectivity index is 1.95. The molecule has 28 heavy (non-hydrogen) atoms. The van der Waals surface area contributed by atoms with Gasteiger partial charge in [0.2, 0.25) is 0 Å². The summed E-state index contributed by atoms with van der Waals surface area (Å²) in [4.78, 5) is 27.6. The number of pyridine rings is 1. The standard InChI is InChI=1S/C20H15ClFN5O/c1-3-4-12(10-28)11(2)27-9-17(22)16-8-25-19(26-20(16)27)15-7-24-18-14(15)5-13(21)6-23-18/h3,5-10H,1,4H2,2H3,(H,23,24)/b12-11-. The lowest BCUT2D eigenvalue weighted by atomic mass is 10.1. The Morgan fingerprint density at radius 2 is 2.18 bits per heavy atom. The molecule has 4 aromatic rings. The van der Waals surface area contributed by atoms with E-state index in [4.69, 9.17) is 11.6 Å². The highest BCUT2D eigenvalue weighted by atomic mass is 35.5. The second-order valence-corrected chi connectivity index (χ2v) is 6.69.